The zero-order valence-electron chi connectivity index (χ0n) is 13.1. The molecule has 1 heterocycles. The van der Waals surface area contributed by atoms with Crippen LogP contribution >= 0.6 is 0 Å². The first-order valence-electron chi connectivity index (χ1n) is 7.21. The Morgan fingerprint density at radius 1 is 1.32 bits per heavy atom. The van der Waals surface area contributed by atoms with Gasteiger partial charge in [-0.25, -0.2) is 4.79 Å². The number of hydrogen-bond acceptors (Lipinski definition) is 4. The molecule has 1 amide bonds. The Kier molecular flexibility index (Phi) is 5.03. The highest BCUT2D eigenvalue weighted by molar-refractivity contribution is 5.80. The third kappa shape index (κ3) is 3.76. The number of rotatable bonds is 4. The number of amides is 1. The van der Waals surface area contributed by atoms with Crippen LogP contribution in [0.1, 0.15) is 16.7 Å². The van der Waals surface area contributed by atoms with E-state index in [-0.39, 0.29) is 25.7 Å². The van der Waals surface area contributed by atoms with E-state index in [1.54, 1.807) is 0 Å². The molecule has 120 valence electrons. The number of benzene rings is 1. The number of morpholine rings is 1. The van der Waals surface area contributed by atoms with Crippen molar-refractivity contribution in [1.29, 1.82) is 0 Å². The molecule has 1 aliphatic heterocycles. The van der Waals surface area contributed by atoms with Gasteiger partial charge in [-0.15, -0.1) is 0 Å². The lowest BCUT2D eigenvalue weighted by atomic mass is 10.1. The van der Waals surface area contributed by atoms with Crippen molar-refractivity contribution in [3.63, 3.8) is 0 Å². The number of carboxylic acids is 1. The van der Waals surface area contributed by atoms with Crippen LogP contribution in [0.5, 0.6) is 5.75 Å². The number of carbonyl (C=O) groups is 2. The molecule has 6 nitrogen and oxygen atoms in total. The number of aryl methyl sites for hydroxylation is 3. The van der Waals surface area contributed by atoms with Crippen molar-refractivity contribution < 1.29 is 24.2 Å². The minimum Gasteiger partial charge on any atom is -0.483 e. The molecule has 2 rings (SSSR count). The summed E-state index contributed by atoms with van der Waals surface area (Å²) in [6.45, 7) is 6.46. The van der Waals surface area contributed by atoms with Crippen LogP contribution in [0.25, 0.3) is 0 Å². The van der Waals surface area contributed by atoms with Crippen LogP contribution in [0.2, 0.25) is 0 Å². The second-order valence-electron chi connectivity index (χ2n) is 5.55. The van der Waals surface area contributed by atoms with Crippen LogP contribution in [0.15, 0.2) is 12.1 Å². The van der Waals surface area contributed by atoms with Gasteiger partial charge in [0.25, 0.3) is 5.91 Å². The second kappa shape index (κ2) is 6.79. The molecule has 0 spiro atoms. The third-order valence-electron chi connectivity index (χ3n) is 3.64. The van der Waals surface area contributed by atoms with Gasteiger partial charge in [-0.3, -0.25) is 4.79 Å². The molecule has 1 N–H and O–H groups in total. The fraction of sp³-hybridized carbons (Fsp3) is 0.500. The van der Waals surface area contributed by atoms with Crippen LogP contribution in [0.3, 0.4) is 0 Å². The minimum absolute atomic E-state index is 0.0589. The number of hydrogen-bond donors (Lipinski definition) is 1. The maximum atomic E-state index is 12.2. The molecular weight excluding hydrogens is 286 g/mol. The van der Waals surface area contributed by atoms with Crippen LogP contribution in [0, 0.1) is 20.8 Å². The summed E-state index contributed by atoms with van der Waals surface area (Å²) in [4.78, 5) is 24.6. The molecule has 1 aromatic carbocycles. The first kappa shape index (κ1) is 16.3. The Morgan fingerprint density at radius 2 is 1.95 bits per heavy atom. The zero-order chi connectivity index (χ0) is 16.3. The number of aliphatic carboxylic acids is 1. The fourth-order valence-corrected chi connectivity index (χ4v) is 2.64. The average molecular weight is 307 g/mol. The number of nitrogens with zero attached hydrogens (tertiary/aromatic N) is 1. The first-order valence-corrected chi connectivity index (χ1v) is 7.21. The van der Waals surface area contributed by atoms with Crippen LogP contribution in [0.4, 0.5) is 0 Å². The SMILES string of the molecule is Cc1cc(C)c(OCC(=O)N2CCOC(C(=O)O)C2)c(C)c1. The molecule has 1 saturated heterocycles. The number of carboxylic acid groups (broad SMARTS) is 1. The molecule has 0 bridgehead atoms. The summed E-state index contributed by atoms with van der Waals surface area (Å²) in [7, 11) is 0. The molecule has 0 radical (unpaired) electrons. The van der Waals surface area contributed by atoms with Crippen molar-refractivity contribution in [2.45, 2.75) is 26.9 Å². The van der Waals surface area contributed by atoms with Gasteiger partial charge >= 0.3 is 5.97 Å². The van der Waals surface area contributed by atoms with E-state index >= 15 is 0 Å². The normalized spacial score (nSPS) is 18.1. The van der Waals surface area contributed by atoms with Gasteiger partial charge in [-0.05, 0) is 31.9 Å². The van der Waals surface area contributed by atoms with E-state index in [1.807, 2.05) is 32.9 Å². The Balaban J connectivity index is 1.97. The van der Waals surface area contributed by atoms with Gasteiger partial charge in [-0.2, -0.15) is 0 Å². The summed E-state index contributed by atoms with van der Waals surface area (Å²) >= 11 is 0. The molecule has 0 aliphatic carbocycles. The van der Waals surface area contributed by atoms with Crippen molar-refractivity contribution >= 4 is 11.9 Å². The number of carbonyl (C=O) groups excluding carboxylic acids is 1. The standard InChI is InChI=1S/C16H21NO5/c1-10-6-11(2)15(12(3)7-10)22-9-14(18)17-4-5-21-13(8-17)16(19)20/h6-7,13H,4-5,8-9H2,1-3H3,(H,19,20). The maximum Gasteiger partial charge on any atom is 0.334 e. The lowest BCUT2D eigenvalue weighted by Gasteiger charge is -2.30. The second-order valence-corrected chi connectivity index (χ2v) is 5.55. The van der Waals surface area contributed by atoms with Gasteiger partial charge in [0.15, 0.2) is 12.7 Å². The largest absolute Gasteiger partial charge is 0.483 e. The van der Waals surface area contributed by atoms with Gasteiger partial charge in [0.1, 0.15) is 5.75 Å². The summed E-state index contributed by atoms with van der Waals surface area (Å²) in [5.41, 5.74) is 3.11. The summed E-state index contributed by atoms with van der Waals surface area (Å²) in [5.74, 6) is -0.570. The predicted molar refractivity (Wildman–Crippen MR) is 80.1 cm³/mol. The average Bonchev–Trinajstić information content (AvgIpc) is 2.46. The summed E-state index contributed by atoms with van der Waals surface area (Å²) in [6, 6.07) is 4.00. The lowest BCUT2D eigenvalue weighted by Crippen LogP contribution is -2.49. The van der Waals surface area contributed by atoms with E-state index in [1.165, 1.54) is 4.90 Å². The van der Waals surface area contributed by atoms with Crippen molar-refractivity contribution in [3.05, 3.63) is 28.8 Å². The van der Waals surface area contributed by atoms with Crippen molar-refractivity contribution in [2.24, 2.45) is 0 Å². The van der Waals surface area contributed by atoms with Gasteiger partial charge in [0.05, 0.1) is 13.2 Å². The van der Waals surface area contributed by atoms with E-state index in [2.05, 4.69) is 0 Å². The minimum atomic E-state index is -1.05. The van der Waals surface area contributed by atoms with Crippen molar-refractivity contribution in [3.8, 4) is 5.75 Å². The Labute approximate surface area is 129 Å². The van der Waals surface area contributed by atoms with Gasteiger partial charge < -0.3 is 19.5 Å². The molecule has 1 atom stereocenters. The van der Waals surface area contributed by atoms with Gasteiger partial charge in [0.2, 0.25) is 0 Å². The third-order valence-corrected chi connectivity index (χ3v) is 3.64. The Morgan fingerprint density at radius 3 is 2.55 bits per heavy atom. The first-order chi connectivity index (χ1) is 10.4. The van der Waals surface area contributed by atoms with Gasteiger partial charge in [-0.1, -0.05) is 17.7 Å². The topological polar surface area (TPSA) is 76.1 Å². The molecule has 1 fully saturated rings. The van der Waals surface area contributed by atoms with E-state index in [0.29, 0.717) is 12.3 Å². The zero-order valence-corrected chi connectivity index (χ0v) is 13.1. The Bertz CT molecular complexity index is 561. The summed E-state index contributed by atoms with van der Waals surface area (Å²) in [5, 5.41) is 8.95. The summed E-state index contributed by atoms with van der Waals surface area (Å²) in [6.07, 6.45) is -0.958. The number of ether oxygens (including phenoxy) is 2. The van der Waals surface area contributed by atoms with Crippen LogP contribution in [-0.4, -0.2) is 54.3 Å². The molecule has 6 heteroatoms. The quantitative estimate of drug-likeness (QED) is 0.907. The van der Waals surface area contributed by atoms with E-state index < -0.39 is 12.1 Å². The summed E-state index contributed by atoms with van der Waals surface area (Å²) < 4.78 is 10.8. The highest BCUT2D eigenvalue weighted by Crippen LogP contribution is 2.24. The molecule has 1 unspecified atom stereocenters. The molecule has 22 heavy (non-hydrogen) atoms. The smallest absolute Gasteiger partial charge is 0.334 e. The molecular formula is C16H21NO5. The van der Waals surface area contributed by atoms with Crippen LogP contribution < -0.4 is 4.74 Å². The Hall–Kier alpha value is -2.08. The predicted octanol–water partition coefficient (Wildman–Crippen LogP) is 1.30. The highest BCUT2D eigenvalue weighted by Gasteiger charge is 2.29. The van der Waals surface area contributed by atoms with Crippen molar-refractivity contribution in [1.82, 2.24) is 4.90 Å². The highest BCUT2D eigenvalue weighted by atomic mass is 16.5. The van der Waals surface area contributed by atoms with Crippen LogP contribution in [-0.2, 0) is 14.3 Å². The molecule has 0 aromatic heterocycles. The monoisotopic (exact) mass is 307 g/mol. The van der Waals surface area contributed by atoms with Gasteiger partial charge in [0, 0.05) is 6.54 Å². The van der Waals surface area contributed by atoms with E-state index in [4.69, 9.17) is 14.6 Å². The van der Waals surface area contributed by atoms with Crippen molar-refractivity contribution in [2.75, 3.05) is 26.3 Å². The molecule has 1 aromatic rings. The molecule has 1 aliphatic rings. The lowest BCUT2D eigenvalue weighted by molar-refractivity contribution is -0.159. The maximum absolute atomic E-state index is 12.2. The van der Waals surface area contributed by atoms with E-state index in [0.717, 1.165) is 16.7 Å². The fourth-order valence-electron chi connectivity index (χ4n) is 2.64. The molecule has 0 saturated carbocycles. The van der Waals surface area contributed by atoms with E-state index in [9.17, 15) is 9.59 Å².